The van der Waals surface area contributed by atoms with E-state index in [4.69, 9.17) is 16.3 Å². The van der Waals surface area contributed by atoms with E-state index in [1.54, 1.807) is 17.9 Å². The van der Waals surface area contributed by atoms with Gasteiger partial charge in [0.25, 0.3) is 0 Å². The number of nitrogens with one attached hydrogen (secondary N) is 1. The zero-order chi connectivity index (χ0) is 17.7. The summed E-state index contributed by atoms with van der Waals surface area (Å²) in [6.07, 6.45) is 2.06. The maximum absolute atomic E-state index is 13.5. The Hall–Kier alpha value is -1.37. The third kappa shape index (κ3) is 5.33. The first kappa shape index (κ1) is 19.0. The summed E-state index contributed by atoms with van der Waals surface area (Å²) in [6.45, 7) is 4.25. The van der Waals surface area contributed by atoms with E-state index in [9.17, 15) is 9.18 Å². The van der Waals surface area contributed by atoms with Crippen LogP contribution in [0.1, 0.15) is 18.4 Å². The van der Waals surface area contributed by atoms with Gasteiger partial charge in [0.05, 0.1) is 16.8 Å². The Balaban J connectivity index is 2.06. The highest BCUT2D eigenvalue weighted by Gasteiger charge is 2.23. The Morgan fingerprint density at radius 3 is 2.79 bits per heavy atom. The van der Waals surface area contributed by atoms with Crippen LogP contribution in [0.2, 0.25) is 5.02 Å². The zero-order valence-electron chi connectivity index (χ0n) is 14.4. The van der Waals surface area contributed by atoms with Crippen molar-refractivity contribution in [3.63, 3.8) is 0 Å². The van der Waals surface area contributed by atoms with Gasteiger partial charge in [-0.2, -0.15) is 0 Å². The number of hydrogen-bond acceptors (Lipinski definition) is 3. The van der Waals surface area contributed by atoms with Crippen LogP contribution < -0.4 is 5.32 Å². The molecule has 0 saturated carbocycles. The minimum Gasteiger partial charge on any atom is -0.376 e. The Labute approximate surface area is 147 Å². The summed E-state index contributed by atoms with van der Waals surface area (Å²) < 4.78 is 19.1. The highest BCUT2D eigenvalue weighted by Crippen LogP contribution is 2.25. The van der Waals surface area contributed by atoms with Gasteiger partial charge in [0.1, 0.15) is 5.82 Å². The van der Waals surface area contributed by atoms with Crippen molar-refractivity contribution in [3.05, 3.63) is 28.5 Å². The lowest BCUT2D eigenvalue weighted by Gasteiger charge is -2.27. The number of urea groups is 1. The number of halogens is 2. The van der Waals surface area contributed by atoms with Crippen LogP contribution in [0.3, 0.4) is 0 Å². The van der Waals surface area contributed by atoms with Crippen LogP contribution in [-0.2, 0) is 4.74 Å². The fourth-order valence-corrected chi connectivity index (χ4v) is 2.78. The van der Waals surface area contributed by atoms with Gasteiger partial charge >= 0.3 is 6.03 Å². The summed E-state index contributed by atoms with van der Waals surface area (Å²) in [6, 6.07) is 2.52. The van der Waals surface area contributed by atoms with E-state index in [1.165, 1.54) is 6.07 Å². The second-order valence-electron chi connectivity index (χ2n) is 6.40. The number of rotatable bonds is 6. The third-order valence-corrected chi connectivity index (χ3v) is 4.35. The number of anilines is 1. The van der Waals surface area contributed by atoms with E-state index in [1.807, 2.05) is 19.0 Å². The normalized spacial score (nSPS) is 17.3. The largest absolute Gasteiger partial charge is 0.376 e. The first-order valence-corrected chi connectivity index (χ1v) is 8.52. The van der Waals surface area contributed by atoms with Gasteiger partial charge in [0.15, 0.2) is 0 Å². The van der Waals surface area contributed by atoms with E-state index in [0.717, 1.165) is 26.0 Å². The van der Waals surface area contributed by atoms with Crippen molar-refractivity contribution in [3.8, 4) is 0 Å². The minimum atomic E-state index is -0.387. The molecular formula is C17H25ClFN3O2. The van der Waals surface area contributed by atoms with Gasteiger partial charge in [0.2, 0.25) is 0 Å². The molecule has 0 bridgehead atoms. The minimum absolute atomic E-state index is 0.0725. The summed E-state index contributed by atoms with van der Waals surface area (Å²) in [4.78, 5) is 16.4. The molecule has 134 valence electrons. The van der Waals surface area contributed by atoms with E-state index in [2.05, 4.69) is 5.32 Å². The second-order valence-corrected chi connectivity index (χ2v) is 6.80. The molecule has 1 aromatic carbocycles. The molecule has 2 amide bonds. The lowest BCUT2D eigenvalue weighted by Crippen LogP contribution is -2.43. The molecule has 1 unspecified atom stereocenters. The van der Waals surface area contributed by atoms with Crippen molar-refractivity contribution in [1.82, 2.24) is 9.80 Å². The summed E-state index contributed by atoms with van der Waals surface area (Å²) in [7, 11) is 3.92. The smallest absolute Gasteiger partial charge is 0.322 e. The van der Waals surface area contributed by atoms with Gasteiger partial charge in [-0.3, -0.25) is 0 Å². The fourth-order valence-electron chi connectivity index (χ4n) is 2.58. The van der Waals surface area contributed by atoms with Crippen molar-refractivity contribution < 1.29 is 13.9 Å². The van der Waals surface area contributed by atoms with E-state index < -0.39 is 0 Å². The Bertz CT molecular complexity index is 577. The number of hydrogen-bond donors (Lipinski definition) is 1. The third-order valence-electron chi connectivity index (χ3n) is 4.04. The standard InChI is InChI=1S/C17H25ClFN3O2/c1-12-9-16(14(18)10-15(12)19)20-17(23)22(7-6-21(2)3)11-13-5-4-8-24-13/h9-10,13H,4-8,11H2,1-3H3,(H,20,23). The molecule has 1 aliphatic heterocycles. The van der Waals surface area contributed by atoms with Crippen LogP contribution in [0.25, 0.3) is 0 Å². The first-order valence-electron chi connectivity index (χ1n) is 8.14. The monoisotopic (exact) mass is 357 g/mol. The average molecular weight is 358 g/mol. The number of aryl methyl sites for hydroxylation is 1. The number of likely N-dealkylation sites (N-methyl/N-ethyl adjacent to an activating group) is 1. The molecule has 1 N–H and O–H groups in total. The highest BCUT2D eigenvalue weighted by atomic mass is 35.5. The molecule has 0 aliphatic carbocycles. The quantitative estimate of drug-likeness (QED) is 0.849. The molecule has 2 rings (SSSR count). The average Bonchev–Trinajstić information content (AvgIpc) is 3.01. The van der Waals surface area contributed by atoms with Crippen LogP contribution in [0, 0.1) is 12.7 Å². The summed E-state index contributed by atoms with van der Waals surface area (Å²) in [5.41, 5.74) is 0.858. The number of carbonyl (C=O) groups excluding carboxylic acids is 1. The van der Waals surface area contributed by atoms with Crippen molar-refractivity contribution in [2.45, 2.75) is 25.9 Å². The first-order chi connectivity index (χ1) is 11.4. The number of benzene rings is 1. The molecular weight excluding hydrogens is 333 g/mol. The molecule has 0 spiro atoms. The molecule has 24 heavy (non-hydrogen) atoms. The van der Waals surface area contributed by atoms with Gasteiger partial charge < -0.3 is 19.9 Å². The number of ether oxygens (including phenoxy) is 1. The second kappa shape index (κ2) is 8.65. The summed E-state index contributed by atoms with van der Waals surface area (Å²) in [5, 5.41) is 2.98. The number of amides is 2. The van der Waals surface area contributed by atoms with E-state index in [-0.39, 0.29) is 23.0 Å². The van der Waals surface area contributed by atoms with Gasteiger partial charge in [-0.1, -0.05) is 11.6 Å². The van der Waals surface area contributed by atoms with E-state index >= 15 is 0 Å². The highest BCUT2D eigenvalue weighted by molar-refractivity contribution is 6.33. The maximum Gasteiger partial charge on any atom is 0.322 e. The molecule has 1 aromatic rings. The molecule has 1 atom stereocenters. The van der Waals surface area contributed by atoms with Crippen LogP contribution >= 0.6 is 11.6 Å². The molecule has 1 saturated heterocycles. The van der Waals surface area contributed by atoms with Crippen LogP contribution in [0.15, 0.2) is 12.1 Å². The Morgan fingerprint density at radius 2 is 2.17 bits per heavy atom. The maximum atomic E-state index is 13.5. The SMILES string of the molecule is Cc1cc(NC(=O)N(CCN(C)C)CC2CCCO2)c(Cl)cc1F. The number of carbonyl (C=O) groups is 1. The van der Waals surface area contributed by atoms with Crippen molar-refractivity contribution in [2.75, 3.05) is 45.7 Å². The molecule has 1 aliphatic rings. The summed E-state index contributed by atoms with van der Waals surface area (Å²) >= 11 is 6.04. The van der Waals surface area contributed by atoms with Gasteiger partial charge in [0, 0.05) is 26.2 Å². The van der Waals surface area contributed by atoms with Gasteiger partial charge in [-0.25, -0.2) is 9.18 Å². The van der Waals surface area contributed by atoms with Crippen LogP contribution in [0.4, 0.5) is 14.9 Å². The molecule has 0 radical (unpaired) electrons. The predicted molar refractivity (Wildman–Crippen MR) is 94.3 cm³/mol. The Morgan fingerprint density at radius 1 is 1.42 bits per heavy atom. The van der Waals surface area contributed by atoms with Crippen molar-refractivity contribution in [2.24, 2.45) is 0 Å². The van der Waals surface area contributed by atoms with Gasteiger partial charge in [-0.05, 0) is 51.6 Å². The molecule has 7 heteroatoms. The Kier molecular flexibility index (Phi) is 6.83. The molecule has 1 fully saturated rings. The zero-order valence-corrected chi connectivity index (χ0v) is 15.2. The lowest BCUT2D eigenvalue weighted by atomic mass is 10.2. The lowest BCUT2D eigenvalue weighted by molar-refractivity contribution is 0.0820. The summed E-state index contributed by atoms with van der Waals surface area (Å²) in [5.74, 6) is -0.387. The van der Waals surface area contributed by atoms with Crippen molar-refractivity contribution >= 4 is 23.3 Å². The molecule has 5 nitrogen and oxygen atoms in total. The van der Waals surface area contributed by atoms with Crippen LogP contribution in [0.5, 0.6) is 0 Å². The topological polar surface area (TPSA) is 44.8 Å². The van der Waals surface area contributed by atoms with Crippen LogP contribution in [-0.4, -0.2) is 62.3 Å². The molecule has 0 aromatic heterocycles. The van der Waals surface area contributed by atoms with E-state index in [0.29, 0.717) is 24.3 Å². The van der Waals surface area contributed by atoms with Crippen molar-refractivity contribution in [1.29, 1.82) is 0 Å². The predicted octanol–water partition coefficient (Wildman–Crippen LogP) is 3.36. The van der Waals surface area contributed by atoms with Gasteiger partial charge in [-0.15, -0.1) is 0 Å². The molecule has 1 heterocycles. The number of nitrogens with zero attached hydrogens (tertiary/aromatic N) is 2. The fraction of sp³-hybridized carbons (Fsp3) is 0.588.